The Morgan fingerprint density at radius 1 is 1.48 bits per heavy atom. The molecule has 0 aromatic heterocycles. The van der Waals surface area contributed by atoms with Crippen LogP contribution in [0.3, 0.4) is 0 Å². The van der Waals surface area contributed by atoms with E-state index in [4.69, 9.17) is 9.47 Å². The van der Waals surface area contributed by atoms with Gasteiger partial charge in [0.2, 0.25) is 0 Å². The third-order valence-corrected chi connectivity index (χ3v) is 3.89. The number of benzene rings is 1. The molecule has 112 valence electrons. The molecule has 0 saturated carbocycles. The smallest absolute Gasteiger partial charge is 0.154 e. The number of ketones is 1. The number of nitrogens with zero attached hydrogens (tertiary/aromatic N) is 1. The molecule has 0 radical (unpaired) electrons. The Morgan fingerprint density at radius 3 is 2.95 bits per heavy atom. The van der Waals surface area contributed by atoms with Crippen LogP contribution in [0.2, 0.25) is 0 Å². The number of hydrogen-bond donors (Lipinski definition) is 0. The van der Waals surface area contributed by atoms with Crippen molar-refractivity contribution in [3.05, 3.63) is 29.8 Å². The van der Waals surface area contributed by atoms with Gasteiger partial charge in [-0.05, 0) is 31.7 Å². The van der Waals surface area contributed by atoms with E-state index in [2.05, 4.69) is 6.07 Å². The molecule has 2 unspecified atom stereocenters. The van der Waals surface area contributed by atoms with Crippen LogP contribution in [0, 0.1) is 11.3 Å². The standard InChI is InChI=1S/C17H21NO3/c1-20-17-8-3-2-7-14(17)15(12-18)16(19)10-9-13-6-4-5-11-21-13/h2-3,7-8,13,15H,4-6,9-11H2,1H3. The second kappa shape index (κ2) is 7.80. The Hall–Kier alpha value is -1.86. The molecular formula is C17H21NO3. The zero-order valence-electron chi connectivity index (χ0n) is 12.4. The first-order chi connectivity index (χ1) is 10.3. The van der Waals surface area contributed by atoms with E-state index in [1.54, 1.807) is 19.2 Å². The van der Waals surface area contributed by atoms with Gasteiger partial charge in [0.1, 0.15) is 11.7 Å². The van der Waals surface area contributed by atoms with Gasteiger partial charge in [0, 0.05) is 18.6 Å². The van der Waals surface area contributed by atoms with E-state index < -0.39 is 5.92 Å². The number of para-hydroxylation sites is 1. The topological polar surface area (TPSA) is 59.3 Å². The Kier molecular flexibility index (Phi) is 5.77. The number of carbonyl (C=O) groups excluding carboxylic acids is 1. The number of Topliss-reactive ketones (excluding diaryl/α,β-unsaturated/α-hetero) is 1. The van der Waals surface area contributed by atoms with E-state index in [9.17, 15) is 10.1 Å². The van der Waals surface area contributed by atoms with Gasteiger partial charge in [0.15, 0.2) is 5.78 Å². The Morgan fingerprint density at radius 2 is 2.29 bits per heavy atom. The monoisotopic (exact) mass is 287 g/mol. The molecule has 0 aliphatic carbocycles. The number of nitriles is 1. The minimum absolute atomic E-state index is 0.0591. The molecule has 21 heavy (non-hydrogen) atoms. The van der Waals surface area contributed by atoms with Crippen molar-refractivity contribution in [2.45, 2.75) is 44.1 Å². The van der Waals surface area contributed by atoms with Crippen LogP contribution in [-0.2, 0) is 9.53 Å². The molecule has 1 fully saturated rings. The fraction of sp³-hybridized carbons (Fsp3) is 0.529. The summed E-state index contributed by atoms with van der Waals surface area (Å²) < 4.78 is 10.9. The molecule has 1 saturated heterocycles. The van der Waals surface area contributed by atoms with E-state index in [-0.39, 0.29) is 11.9 Å². The number of ether oxygens (including phenoxy) is 2. The lowest BCUT2D eigenvalue weighted by atomic mass is 9.91. The predicted molar refractivity (Wildman–Crippen MR) is 79.2 cm³/mol. The van der Waals surface area contributed by atoms with Gasteiger partial charge >= 0.3 is 0 Å². The molecule has 2 atom stereocenters. The molecule has 4 nitrogen and oxygen atoms in total. The Labute approximate surface area is 125 Å². The maximum atomic E-state index is 12.4. The first-order valence-corrected chi connectivity index (χ1v) is 7.43. The molecule has 1 aliphatic rings. The van der Waals surface area contributed by atoms with Crippen molar-refractivity contribution in [3.8, 4) is 11.8 Å². The van der Waals surface area contributed by atoms with Crippen molar-refractivity contribution in [2.75, 3.05) is 13.7 Å². The Bertz CT molecular complexity index is 515. The van der Waals surface area contributed by atoms with Crippen molar-refractivity contribution in [1.82, 2.24) is 0 Å². The summed E-state index contributed by atoms with van der Waals surface area (Å²) in [6, 6.07) is 9.31. The van der Waals surface area contributed by atoms with Crippen LogP contribution >= 0.6 is 0 Å². The van der Waals surface area contributed by atoms with Gasteiger partial charge in [0.05, 0.1) is 19.3 Å². The second-order valence-corrected chi connectivity index (χ2v) is 5.30. The van der Waals surface area contributed by atoms with Crippen molar-refractivity contribution < 1.29 is 14.3 Å². The van der Waals surface area contributed by atoms with Gasteiger partial charge in [-0.3, -0.25) is 4.79 Å². The highest BCUT2D eigenvalue weighted by molar-refractivity contribution is 5.89. The first-order valence-electron chi connectivity index (χ1n) is 7.43. The van der Waals surface area contributed by atoms with Crippen molar-refractivity contribution in [2.24, 2.45) is 0 Å². The SMILES string of the molecule is COc1ccccc1C(C#N)C(=O)CCC1CCCCO1. The van der Waals surface area contributed by atoms with Crippen LogP contribution in [-0.4, -0.2) is 25.6 Å². The van der Waals surface area contributed by atoms with E-state index in [0.29, 0.717) is 24.2 Å². The van der Waals surface area contributed by atoms with Crippen LogP contribution in [0.5, 0.6) is 5.75 Å². The largest absolute Gasteiger partial charge is 0.496 e. The minimum atomic E-state index is -0.759. The molecule has 2 rings (SSSR count). The summed E-state index contributed by atoms with van der Waals surface area (Å²) >= 11 is 0. The van der Waals surface area contributed by atoms with Crippen molar-refractivity contribution >= 4 is 5.78 Å². The average molecular weight is 287 g/mol. The van der Waals surface area contributed by atoms with E-state index in [1.165, 1.54) is 0 Å². The van der Waals surface area contributed by atoms with Gasteiger partial charge in [-0.15, -0.1) is 0 Å². The summed E-state index contributed by atoms with van der Waals surface area (Å²) in [4.78, 5) is 12.4. The van der Waals surface area contributed by atoms with Crippen molar-refractivity contribution in [1.29, 1.82) is 5.26 Å². The lowest BCUT2D eigenvalue weighted by Crippen LogP contribution is -2.21. The lowest BCUT2D eigenvalue weighted by molar-refractivity contribution is -0.120. The summed E-state index contributed by atoms with van der Waals surface area (Å²) in [6.45, 7) is 0.785. The third-order valence-electron chi connectivity index (χ3n) is 3.89. The fourth-order valence-electron chi connectivity index (χ4n) is 2.70. The highest BCUT2D eigenvalue weighted by atomic mass is 16.5. The highest BCUT2D eigenvalue weighted by Crippen LogP contribution is 2.28. The zero-order valence-corrected chi connectivity index (χ0v) is 12.4. The van der Waals surface area contributed by atoms with Crippen LogP contribution in [0.25, 0.3) is 0 Å². The van der Waals surface area contributed by atoms with E-state index in [0.717, 1.165) is 25.9 Å². The summed E-state index contributed by atoms with van der Waals surface area (Å²) in [5.74, 6) is -0.229. The molecule has 1 aromatic carbocycles. The number of hydrogen-bond acceptors (Lipinski definition) is 4. The third kappa shape index (κ3) is 4.05. The summed E-state index contributed by atoms with van der Waals surface area (Å²) in [6.07, 6.45) is 4.52. The highest BCUT2D eigenvalue weighted by Gasteiger charge is 2.24. The number of rotatable bonds is 6. The maximum absolute atomic E-state index is 12.4. The normalized spacial score (nSPS) is 19.5. The first kappa shape index (κ1) is 15.5. The van der Waals surface area contributed by atoms with Gasteiger partial charge < -0.3 is 9.47 Å². The van der Waals surface area contributed by atoms with Gasteiger partial charge in [0.25, 0.3) is 0 Å². The molecular weight excluding hydrogens is 266 g/mol. The molecule has 1 heterocycles. The number of carbonyl (C=O) groups is 1. The van der Waals surface area contributed by atoms with Crippen LogP contribution < -0.4 is 4.74 Å². The number of methoxy groups -OCH3 is 1. The summed E-state index contributed by atoms with van der Waals surface area (Å²) in [7, 11) is 1.55. The molecule has 1 aliphatic heterocycles. The van der Waals surface area contributed by atoms with Crippen LogP contribution in [0.4, 0.5) is 0 Å². The molecule has 0 spiro atoms. The lowest BCUT2D eigenvalue weighted by Gasteiger charge is -2.22. The fourth-order valence-corrected chi connectivity index (χ4v) is 2.70. The second-order valence-electron chi connectivity index (χ2n) is 5.30. The quantitative estimate of drug-likeness (QED) is 0.806. The molecule has 1 aromatic rings. The predicted octanol–water partition coefficient (Wildman–Crippen LogP) is 3.22. The molecule has 0 bridgehead atoms. The van der Waals surface area contributed by atoms with Crippen LogP contribution in [0.1, 0.15) is 43.6 Å². The summed E-state index contributed by atoms with van der Waals surface area (Å²) in [5.41, 5.74) is 0.650. The zero-order chi connectivity index (χ0) is 15.1. The average Bonchev–Trinajstić information content (AvgIpc) is 2.55. The van der Waals surface area contributed by atoms with Gasteiger partial charge in [-0.2, -0.15) is 5.26 Å². The van der Waals surface area contributed by atoms with E-state index in [1.807, 2.05) is 12.1 Å². The molecule has 4 heteroatoms. The maximum Gasteiger partial charge on any atom is 0.154 e. The summed E-state index contributed by atoms with van der Waals surface area (Å²) in [5, 5.41) is 9.35. The molecule has 0 amide bonds. The minimum Gasteiger partial charge on any atom is -0.496 e. The Balaban J connectivity index is 2.00. The van der Waals surface area contributed by atoms with Crippen LogP contribution in [0.15, 0.2) is 24.3 Å². The van der Waals surface area contributed by atoms with Gasteiger partial charge in [-0.25, -0.2) is 0 Å². The van der Waals surface area contributed by atoms with Crippen molar-refractivity contribution in [3.63, 3.8) is 0 Å². The van der Waals surface area contributed by atoms with Gasteiger partial charge in [-0.1, -0.05) is 18.2 Å². The van der Waals surface area contributed by atoms with E-state index >= 15 is 0 Å². The molecule has 0 N–H and O–H groups in total.